The van der Waals surface area contributed by atoms with Gasteiger partial charge in [-0.15, -0.1) is 0 Å². The average Bonchev–Trinajstić information content (AvgIpc) is 2.09. The monoisotopic (exact) mass is 218 g/mol. The van der Waals surface area contributed by atoms with E-state index in [2.05, 4.69) is 0 Å². The molecule has 0 radical (unpaired) electrons. The number of allylic oxidation sites excluding steroid dienone is 1. The number of hydrogen-bond donors (Lipinski definition) is 0. The summed E-state index contributed by atoms with van der Waals surface area (Å²) >= 11 is 11.2. The standard InChI is InChI=1S/C9H5Cl2FO/c10-7-5-8(11)9(12)4-6(7)2-1-3-13/h1-5H. The van der Waals surface area contributed by atoms with Crippen LogP contribution >= 0.6 is 23.2 Å². The Balaban J connectivity index is 3.15. The van der Waals surface area contributed by atoms with Gasteiger partial charge in [0.1, 0.15) is 12.1 Å². The number of carbonyl (C=O) groups is 1. The molecular formula is C9H5Cl2FO. The Hall–Kier alpha value is -0.860. The van der Waals surface area contributed by atoms with Gasteiger partial charge in [-0.2, -0.15) is 0 Å². The Morgan fingerprint density at radius 1 is 1.23 bits per heavy atom. The highest BCUT2D eigenvalue weighted by Gasteiger charge is 2.03. The molecule has 0 bridgehead atoms. The summed E-state index contributed by atoms with van der Waals surface area (Å²) in [5, 5.41) is 0.276. The summed E-state index contributed by atoms with van der Waals surface area (Å²) in [6, 6.07) is 2.47. The number of hydrogen-bond acceptors (Lipinski definition) is 1. The summed E-state index contributed by atoms with van der Waals surface area (Å²) in [6.45, 7) is 0. The lowest BCUT2D eigenvalue weighted by atomic mass is 10.2. The highest BCUT2D eigenvalue weighted by Crippen LogP contribution is 2.24. The molecule has 0 amide bonds. The molecule has 0 unspecified atom stereocenters. The Morgan fingerprint density at radius 3 is 2.54 bits per heavy atom. The fourth-order valence-corrected chi connectivity index (χ4v) is 1.25. The first kappa shape index (κ1) is 10.2. The average molecular weight is 219 g/mol. The molecule has 68 valence electrons. The molecule has 1 rings (SSSR count). The molecule has 0 atom stereocenters. The van der Waals surface area contributed by atoms with E-state index >= 15 is 0 Å². The van der Waals surface area contributed by atoms with Crippen LogP contribution in [0.5, 0.6) is 0 Å². The number of aldehydes is 1. The molecule has 0 saturated heterocycles. The maximum Gasteiger partial charge on any atom is 0.142 e. The third-order valence-corrected chi connectivity index (χ3v) is 2.01. The van der Waals surface area contributed by atoms with Crippen LogP contribution in [0, 0.1) is 5.82 Å². The molecular weight excluding hydrogens is 214 g/mol. The summed E-state index contributed by atoms with van der Waals surface area (Å²) < 4.78 is 12.9. The highest BCUT2D eigenvalue weighted by molar-refractivity contribution is 6.35. The molecule has 0 fully saturated rings. The zero-order valence-corrected chi connectivity index (χ0v) is 7.94. The van der Waals surface area contributed by atoms with E-state index in [-0.39, 0.29) is 5.02 Å². The van der Waals surface area contributed by atoms with Gasteiger partial charge in [-0.1, -0.05) is 29.3 Å². The van der Waals surface area contributed by atoms with E-state index in [4.69, 9.17) is 23.2 Å². The first-order chi connectivity index (χ1) is 6.15. The number of rotatable bonds is 2. The van der Waals surface area contributed by atoms with E-state index < -0.39 is 5.82 Å². The first-order valence-electron chi connectivity index (χ1n) is 3.41. The number of carbonyl (C=O) groups excluding carboxylic acids is 1. The van der Waals surface area contributed by atoms with Gasteiger partial charge in [-0.3, -0.25) is 4.79 Å². The topological polar surface area (TPSA) is 17.1 Å². The maximum atomic E-state index is 12.9. The second-order valence-corrected chi connectivity index (χ2v) is 3.10. The molecule has 0 heterocycles. The van der Waals surface area contributed by atoms with Crippen LogP contribution < -0.4 is 0 Å². The van der Waals surface area contributed by atoms with Gasteiger partial charge in [0.25, 0.3) is 0 Å². The van der Waals surface area contributed by atoms with Gasteiger partial charge < -0.3 is 0 Å². The van der Waals surface area contributed by atoms with Crippen LogP contribution in [-0.4, -0.2) is 6.29 Å². The van der Waals surface area contributed by atoms with Crippen molar-refractivity contribution >= 4 is 35.6 Å². The fourth-order valence-electron chi connectivity index (χ4n) is 0.809. The van der Waals surface area contributed by atoms with Gasteiger partial charge in [0.15, 0.2) is 0 Å². The van der Waals surface area contributed by atoms with Crippen molar-refractivity contribution in [3.63, 3.8) is 0 Å². The Morgan fingerprint density at radius 2 is 1.92 bits per heavy atom. The molecule has 0 aliphatic heterocycles. The third kappa shape index (κ3) is 2.54. The lowest BCUT2D eigenvalue weighted by Crippen LogP contribution is -1.81. The van der Waals surface area contributed by atoms with Gasteiger partial charge in [0, 0.05) is 5.02 Å². The molecule has 0 aliphatic rings. The fraction of sp³-hybridized carbons (Fsp3) is 0. The molecule has 1 nitrogen and oxygen atoms in total. The summed E-state index contributed by atoms with van der Waals surface area (Å²) in [6.07, 6.45) is 3.23. The first-order valence-corrected chi connectivity index (χ1v) is 4.17. The molecule has 1 aromatic rings. The van der Waals surface area contributed by atoms with Gasteiger partial charge in [0.2, 0.25) is 0 Å². The van der Waals surface area contributed by atoms with Crippen molar-refractivity contribution < 1.29 is 9.18 Å². The molecule has 4 heteroatoms. The Kier molecular flexibility index (Phi) is 3.46. The molecule has 13 heavy (non-hydrogen) atoms. The Labute approximate surface area is 84.8 Å². The molecule has 0 N–H and O–H groups in total. The van der Waals surface area contributed by atoms with Crippen LogP contribution in [0.25, 0.3) is 6.08 Å². The molecule has 0 aliphatic carbocycles. The van der Waals surface area contributed by atoms with Gasteiger partial charge in [-0.05, 0) is 23.8 Å². The minimum absolute atomic E-state index is 0.0340. The zero-order valence-electron chi connectivity index (χ0n) is 6.43. The summed E-state index contributed by atoms with van der Waals surface area (Å²) in [4.78, 5) is 9.99. The van der Waals surface area contributed by atoms with Crippen LogP contribution in [-0.2, 0) is 4.79 Å². The second kappa shape index (κ2) is 4.40. The van der Waals surface area contributed by atoms with E-state index in [1.54, 1.807) is 0 Å². The largest absolute Gasteiger partial charge is 0.299 e. The quantitative estimate of drug-likeness (QED) is 0.423. The lowest BCUT2D eigenvalue weighted by Gasteiger charge is -1.99. The smallest absolute Gasteiger partial charge is 0.142 e. The van der Waals surface area contributed by atoms with Crippen molar-refractivity contribution in [1.82, 2.24) is 0 Å². The van der Waals surface area contributed by atoms with E-state index in [1.165, 1.54) is 24.3 Å². The third-order valence-electron chi connectivity index (χ3n) is 1.39. The van der Waals surface area contributed by atoms with Crippen molar-refractivity contribution in [2.24, 2.45) is 0 Å². The molecule has 0 saturated carbocycles. The minimum atomic E-state index is -0.559. The van der Waals surface area contributed by atoms with Crippen LogP contribution in [0.3, 0.4) is 0 Å². The number of benzene rings is 1. The van der Waals surface area contributed by atoms with Crippen molar-refractivity contribution in [3.05, 3.63) is 39.6 Å². The molecule has 1 aromatic carbocycles. The van der Waals surface area contributed by atoms with Gasteiger partial charge >= 0.3 is 0 Å². The SMILES string of the molecule is O=CC=Cc1cc(F)c(Cl)cc1Cl. The van der Waals surface area contributed by atoms with E-state index in [0.29, 0.717) is 16.9 Å². The van der Waals surface area contributed by atoms with Crippen molar-refractivity contribution in [1.29, 1.82) is 0 Å². The van der Waals surface area contributed by atoms with E-state index in [0.717, 1.165) is 0 Å². The van der Waals surface area contributed by atoms with Gasteiger partial charge in [0.05, 0.1) is 5.02 Å². The number of halogens is 3. The van der Waals surface area contributed by atoms with Crippen molar-refractivity contribution in [2.45, 2.75) is 0 Å². The summed E-state index contributed by atoms with van der Waals surface area (Å²) in [7, 11) is 0. The second-order valence-electron chi connectivity index (χ2n) is 2.28. The van der Waals surface area contributed by atoms with E-state index in [1.807, 2.05) is 0 Å². The molecule has 0 aromatic heterocycles. The lowest BCUT2D eigenvalue weighted by molar-refractivity contribution is -0.104. The highest BCUT2D eigenvalue weighted by atomic mass is 35.5. The zero-order chi connectivity index (χ0) is 9.84. The van der Waals surface area contributed by atoms with E-state index in [9.17, 15) is 9.18 Å². The van der Waals surface area contributed by atoms with Crippen LogP contribution in [0.2, 0.25) is 10.0 Å². The predicted molar refractivity (Wildman–Crippen MR) is 51.5 cm³/mol. The Bertz CT molecular complexity index is 361. The maximum absolute atomic E-state index is 12.9. The molecule has 0 spiro atoms. The predicted octanol–water partition coefficient (Wildman–Crippen LogP) is 3.34. The summed E-state index contributed by atoms with van der Waals surface area (Å²) in [5.74, 6) is -0.559. The van der Waals surface area contributed by atoms with Crippen molar-refractivity contribution in [2.75, 3.05) is 0 Å². The normalized spacial score (nSPS) is 10.7. The van der Waals surface area contributed by atoms with Crippen LogP contribution in [0.15, 0.2) is 18.2 Å². The van der Waals surface area contributed by atoms with Crippen molar-refractivity contribution in [3.8, 4) is 0 Å². The van der Waals surface area contributed by atoms with Gasteiger partial charge in [-0.25, -0.2) is 4.39 Å². The van der Waals surface area contributed by atoms with Crippen LogP contribution in [0.4, 0.5) is 4.39 Å². The minimum Gasteiger partial charge on any atom is -0.299 e. The van der Waals surface area contributed by atoms with Crippen LogP contribution in [0.1, 0.15) is 5.56 Å². The summed E-state index contributed by atoms with van der Waals surface area (Å²) in [5.41, 5.74) is 0.427.